The van der Waals surface area contributed by atoms with Crippen LogP contribution in [0.25, 0.3) is 0 Å². The van der Waals surface area contributed by atoms with Crippen LogP contribution >= 0.6 is 23.2 Å². The van der Waals surface area contributed by atoms with Gasteiger partial charge >= 0.3 is 6.09 Å². The quantitative estimate of drug-likeness (QED) is 0.778. The van der Waals surface area contributed by atoms with E-state index >= 15 is 0 Å². The fraction of sp³-hybridized carbons (Fsp3) is 0.571. The average Bonchev–Trinajstić information content (AvgIpc) is 2.22. The Morgan fingerprint density at radius 2 is 1.86 bits per heavy atom. The second-order valence-electron chi connectivity index (χ2n) is 6.12. The summed E-state index contributed by atoms with van der Waals surface area (Å²) < 4.78 is 5.35. The zero-order chi connectivity index (χ0) is 15.8. The standard InChI is InChI=1S/C14H19Cl2N3O2/c1-14(2,3)21-13(20)18(4)10-7-19(8-10)9-5-11(15)17-12(16)6-9/h5-6,10H,7-8H2,1-4H3. The van der Waals surface area contributed by atoms with E-state index in [0.29, 0.717) is 23.4 Å². The number of ether oxygens (including phenoxy) is 1. The molecule has 0 spiro atoms. The number of halogens is 2. The summed E-state index contributed by atoms with van der Waals surface area (Å²) in [7, 11) is 1.75. The van der Waals surface area contributed by atoms with E-state index in [9.17, 15) is 4.79 Å². The number of likely N-dealkylation sites (N-methyl/N-ethyl adjacent to an activating group) is 1. The third-order valence-electron chi connectivity index (χ3n) is 3.20. The highest BCUT2D eigenvalue weighted by Gasteiger charge is 2.34. The van der Waals surface area contributed by atoms with E-state index in [1.807, 2.05) is 20.8 Å². The Labute approximate surface area is 134 Å². The molecule has 1 amide bonds. The fourth-order valence-electron chi connectivity index (χ4n) is 2.03. The van der Waals surface area contributed by atoms with Gasteiger partial charge in [0.2, 0.25) is 0 Å². The number of hydrogen-bond acceptors (Lipinski definition) is 4. The van der Waals surface area contributed by atoms with Crippen molar-refractivity contribution in [2.75, 3.05) is 25.0 Å². The van der Waals surface area contributed by atoms with E-state index in [1.165, 1.54) is 0 Å². The van der Waals surface area contributed by atoms with Crippen LogP contribution in [0.15, 0.2) is 12.1 Å². The number of carbonyl (C=O) groups excluding carboxylic acids is 1. The van der Waals surface area contributed by atoms with Crippen LogP contribution in [0.3, 0.4) is 0 Å². The van der Waals surface area contributed by atoms with Crippen LogP contribution in [0.2, 0.25) is 10.3 Å². The predicted octanol–water partition coefficient (Wildman–Crippen LogP) is 3.44. The minimum atomic E-state index is -0.485. The Morgan fingerprint density at radius 1 is 1.33 bits per heavy atom. The number of rotatable bonds is 2. The van der Waals surface area contributed by atoms with Crippen LogP contribution in [-0.4, -0.2) is 47.8 Å². The largest absolute Gasteiger partial charge is 0.444 e. The van der Waals surface area contributed by atoms with Crippen LogP contribution in [0.5, 0.6) is 0 Å². The van der Waals surface area contributed by atoms with Crippen molar-refractivity contribution in [1.29, 1.82) is 0 Å². The fourth-order valence-corrected chi connectivity index (χ4v) is 2.48. The van der Waals surface area contributed by atoms with Gasteiger partial charge in [-0.3, -0.25) is 0 Å². The molecule has 0 atom stereocenters. The molecule has 0 aromatic carbocycles. The minimum Gasteiger partial charge on any atom is -0.444 e. The third-order valence-corrected chi connectivity index (χ3v) is 3.59. The van der Waals surface area contributed by atoms with Gasteiger partial charge in [-0.2, -0.15) is 0 Å². The molecule has 2 heterocycles. The van der Waals surface area contributed by atoms with Crippen LogP contribution < -0.4 is 4.90 Å². The first-order valence-electron chi connectivity index (χ1n) is 6.69. The molecule has 7 heteroatoms. The third kappa shape index (κ3) is 4.14. The molecule has 116 valence electrons. The Balaban J connectivity index is 1.92. The van der Waals surface area contributed by atoms with Crippen molar-refractivity contribution in [3.8, 4) is 0 Å². The van der Waals surface area contributed by atoms with Crippen molar-refractivity contribution in [1.82, 2.24) is 9.88 Å². The molecule has 5 nitrogen and oxygen atoms in total. The van der Waals surface area contributed by atoms with E-state index in [1.54, 1.807) is 24.1 Å². The van der Waals surface area contributed by atoms with E-state index in [-0.39, 0.29) is 12.1 Å². The maximum Gasteiger partial charge on any atom is 0.410 e. The summed E-state index contributed by atoms with van der Waals surface area (Å²) in [5.74, 6) is 0. The lowest BCUT2D eigenvalue weighted by Crippen LogP contribution is -2.60. The zero-order valence-electron chi connectivity index (χ0n) is 12.6. The van der Waals surface area contributed by atoms with Gasteiger partial charge in [0.15, 0.2) is 0 Å². The van der Waals surface area contributed by atoms with Crippen molar-refractivity contribution in [3.63, 3.8) is 0 Å². The molecule has 1 fully saturated rings. The first-order chi connectivity index (χ1) is 9.65. The molecule has 1 aliphatic heterocycles. The molecule has 1 aromatic rings. The molecule has 0 unspecified atom stereocenters. The molecule has 21 heavy (non-hydrogen) atoms. The highest BCUT2D eigenvalue weighted by Crippen LogP contribution is 2.28. The van der Waals surface area contributed by atoms with Gasteiger partial charge in [0, 0.05) is 25.8 Å². The molecule has 0 aliphatic carbocycles. The van der Waals surface area contributed by atoms with Crippen molar-refractivity contribution < 1.29 is 9.53 Å². The smallest absolute Gasteiger partial charge is 0.410 e. The normalized spacial score (nSPS) is 15.6. The SMILES string of the molecule is CN(C(=O)OC(C)(C)C)C1CN(c2cc(Cl)nc(Cl)c2)C1. The number of nitrogens with zero attached hydrogens (tertiary/aromatic N) is 3. The lowest BCUT2D eigenvalue weighted by atomic mass is 10.1. The molecule has 1 aliphatic rings. The van der Waals surface area contributed by atoms with Gasteiger partial charge in [-0.25, -0.2) is 9.78 Å². The maximum absolute atomic E-state index is 12.0. The molecule has 0 bridgehead atoms. The van der Waals surface area contributed by atoms with Gasteiger partial charge in [-0.15, -0.1) is 0 Å². The van der Waals surface area contributed by atoms with Crippen molar-refractivity contribution >= 4 is 35.0 Å². The number of hydrogen-bond donors (Lipinski definition) is 0. The lowest BCUT2D eigenvalue weighted by molar-refractivity contribution is 0.0197. The van der Waals surface area contributed by atoms with Crippen LogP contribution in [0.1, 0.15) is 20.8 Å². The van der Waals surface area contributed by atoms with E-state index in [0.717, 1.165) is 5.69 Å². The molecule has 2 rings (SSSR count). The van der Waals surface area contributed by atoms with Gasteiger partial charge in [0.05, 0.1) is 6.04 Å². The topological polar surface area (TPSA) is 45.7 Å². The number of pyridine rings is 1. The maximum atomic E-state index is 12.0. The summed E-state index contributed by atoms with van der Waals surface area (Å²) in [4.78, 5) is 19.6. The predicted molar refractivity (Wildman–Crippen MR) is 84.3 cm³/mol. The van der Waals surface area contributed by atoms with Crippen molar-refractivity contribution in [2.24, 2.45) is 0 Å². The molecule has 1 saturated heterocycles. The monoisotopic (exact) mass is 331 g/mol. The van der Waals surface area contributed by atoms with Crippen molar-refractivity contribution in [2.45, 2.75) is 32.4 Å². The summed E-state index contributed by atoms with van der Waals surface area (Å²) in [5.41, 5.74) is 0.426. The lowest BCUT2D eigenvalue weighted by Gasteiger charge is -2.45. The van der Waals surface area contributed by atoms with Crippen LogP contribution in [0.4, 0.5) is 10.5 Å². The second-order valence-corrected chi connectivity index (χ2v) is 6.90. The molecule has 0 N–H and O–H groups in total. The van der Waals surface area contributed by atoms with Crippen LogP contribution in [0, 0.1) is 0 Å². The average molecular weight is 332 g/mol. The van der Waals surface area contributed by atoms with E-state index in [2.05, 4.69) is 9.88 Å². The summed E-state index contributed by atoms with van der Waals surface area (Å²) in [6.07, 6.45) is -0.307. The molecule has 1 aromatic heterocycles. The molecular formula is C14H19Cl2N3O2. The number of anilines is 1. The Bertz CT molecular complexity index is 519. The first kappa shape index (κ1) is 16.2. The van der Waals surface area contributed by atoms with Gasteiger partial charge in [-0.1, -0.05) is 23.2 Å². The van der Waals surface area contributed by atoms with Gasteiger partial charge in [-0.05, 0) is 32.9 Å². The number of amides is 1. The molecule has 0 radical (unpaired) electrons. The summed E-state index contributed by atoms with van der Waals surface area (Å²) in [6.45, 7) is 6.99. The summed E-state index contributed by atoms with van der Waals surface area (Å²) in [6, 6.07) is 3.64. The van der Waals surface area contributed by atoms with Gasteiger partial charge < -0.3 is 14.5 Å². The zero-order valence-corrected chi connectivity index (χ0v) is 14.1. The number of carbonyl (C=O) groups is 1. The van der Waals surface area contributed by atoms with Crippen LogP contribution in [-0.2, 0) is 4.74 Å². The molecule has 0 saturated carbocycles. The van der Waals surface area contributed by atoms with Gasteiger partial charge in [0.1, 0.15) is 15.9 Å². The Morgan fingerprint density at radius 3 is 2.33 bits per heavy atom. The Hall–Kier alpha value is -1.20. The van der Waals surface area contributed by atoms with E-state index in [4.69, 9.17) is 27.9 Å². The summed E-state index contributed by atoms with van der Waals surface area (Å²) >= 11 is 11.8. The van der Waals surface area contributed by atoms with Gasteiger partial charge in [0.25, 0.3) is 0 Å². The van der Waals surface area contributed by atoms with E-state index < -0.39 is 5.60 Å². The summed E-state index contributed by atoms with van der Waals surface area (Å²) in [5, 5.41) is 0.725. The highest BCUT2D eigenvalue weighted by atomic mass is 35.5. The van der Waals surface area contributed by atoms with Crippen molar-refractivity contribution in [3.05, 3.63) is 22.4 Å². The molecular weight excluding hydrogens is 313 g/mol. The first-order valence-corrected chi connectivity index (χ1v) is 7.45. The minimum absolute atomic E-state index is 0.116. The highest BCUT2D eigenvalue weighted by molar-refractivity contribution is 6.32. The Kier molecular flexibility index (Phi) is 4.54. The second kappa shape index (κ2) is 5.89. The number of aromatic nitrogens is 1.